The van der Waals surface area contributed by atoms with Crippen molar-refractivity contribution in [1.82, 2.24) is 9.80 Å². The summed E-state index contributed by atoms with van der Waals surface area (Å²) in [5.41, 5.74) is 2.43. The highest BCUT2D eigenvalue weighted by molar-refractivity contribution is 9.10. The van der Waals surface area contributed by atoms with Crippen LogP contribution in [-0.2, 0) is 6.42 Å². The highest BCUT2D eigenvalue weighted by Crippen LogP contribution is 2.28. The summed E-state index contributed by atoms with van der Waals surface area (Å²) in [6, 6.07) is 4.25. The third-order valence-corrected chi connectivity index (χ3v) is 5.30. The molecule has 4 heteroatoms. The van der Waals surface area contributed by atoms with E-state index in [9.17, 15) is 0 Å². The van der Waals surface area contributed by atoms with Crippen LogP contribution in [-0.4, -0.2) is 49.6 Å². The topological polar surface area (TPSA) is 6.48 Å². The Balaban J connectivity index is 1.81. The van der Waals surface area contributed by atoms with Gasteiger partial charge >= 0.3 is 0 Å². The molecule has 0 aromatic heterocycles. The molecule has 0 unspecified atom stereocenters. The van der Waals surface area contributed by atoms with Gasteiger partial charge in [-0.1, -0.05) is 33.6 Å². The Hall–Kier alpha value is -0.0900. The second-order valence-corrected chi connectivity index (χ2v) is 6.63. The van der Waals surface area contributed by atoms with Gasteiger partial charge in [0.2, 0.25) is 0 Å². The molecule has 0 N–H and O–H groups in total. The van der Waals surface area contributed by atoms with E-state index in [0.29, 0.717) is 0 Å². The minimum absolute atomic E-state index is 0.924. The van der Waals surface area contributed by atoms with Crippen molar-refractivity contribution in [2.45, 2.75) is 19.8 Å². The fourth-order valence-electron chi connectivity index (χ4n) is 2.48. The normalized spacial score (nSPS) is 17.9. The van der Waals surface area contributed by atoms with Gasteiger partial charge in [0.15, 0.2) is 0 Å². The average molecular weight is 346 g/mol. The number of benzene rings is 1. The van der Waals surface area contributed by atoms with E-state index in [1.165, 1.54) is 44.7 Å². The number of piperazine rings is 1. The maximum absolute atomic E-state index is 6.39. The molecule has 1 aliphatic heterocycles. The van der Waals surface area contributed by atoms with Crippen molar-refractivity contribution in [1.29, 1.82) is 0 Å². The summed E-state index contributed by atoms with van der Waals surface area (Å²) in [6.45, 7) is 8.03. The average Bonchev–Trinajstić information content (AvgIpc) is 2.41. The zero-order valence-electron chi connectivity index (χ0n) is 11.8. The first-order valence-electron chi connectivity index (χ1n) is 6.92. The highest BCUT2D eigenvalue weighted by Gasteiger charge is 2.13. The maximum atomic E-state index is 6.39. The molecule has 0 spiro atoms. The van der Waals surface area contributed by atoms with Crippen LogP contribution in [0.3, 0.4) is 0 Å². The summed E-state index contributed by atoms with van der Waals surface area (Å²) >= 11 is 9.91. The second kappa shape index (κ2) is 7.07. The monoisotopic (exact) mass is 344 g/mol. The van der Waals surface area contributed by atoms with Gasteiger partial charge in [-0.15, -0.1) is 0 Å². The summed E-state index contributed by atoms with van der Waals surface area (Å²) in [5, 5.41) is 0.924. The number of nitrogens with zero attached hydrogens (tertiary/aromatic N) is 2. The smallest absolute Gasteiger partial charge is 0.0478 e. The van der Waals surface area contributed by atoms with Gasteiger partial charge in [0, 0.05) is 35.7 Å². The first-order valence-corrected chi connectivity index (χ1v) is 8.09. The molecule has 0 amide bonds. The lowest BCUT2D eigenvalue weighted by Crippen LogP contribution is -2.44. The van der Waals surface area contributed by atoms with Crippen LogP contribution in [0.5, 0.6) is 0 Å². The highest BCUT2D eigenvalue weighted by atomic mass is 79.9. The van der Waals surface area contributed by atoms with Gasteiger partial charge in [-0.05, 0) is 50.6 Å². The number of rotatable bonds is 4. The SMILES string of the molecule is Cc1c(Br)ccc(CCCN2CCN(C)CC2)c1Cl. The predicted molar refractivity (Wildman–Crippen MR) is 86.1 cm³/mol. The van der Waals surface area contributed by atoms with Crippen LogP contribution < -0.4 is 0 Å². The fraction of sp³-hybridized carbons (Fsp3) is 0.600. The predicted octanol–water partition coefficient (Wildman–Crippen LogP) is 3.59. The maximum Gasteiger partial charge on any atom is 0.0478 e. The quantitative estimate of drug-likeness (QED) is 0.823. The van der Waals surface area contributed by atoms with E-state index in [1.807, 2.05) is 0 Å². The molecule has 1 heterocycles. The third-order valence-electron chi connectivity index (χ3n) is 3.92. The second-order valence-electron chi connectivity index (χ2n) is 5.39. The van der Waals surface area contributed by atoms with Gasteiger partial charge < -0.3 is 9.80 Å². The van der Waals surface area contributed by atoms with Gasteiger partial charge in [-0.3, -0.25) is 0 Å². The summed E-state index contributed by atoms with van der Waals surface area (Å²) < 4.78 is 1.10. The molecule has 106 valence electrons. The Kier molecular flexibility index (Phi) is 5.70. The Labute approximate surface area is 129 Å². The van der Waals surface area contributed by atoms with E-state index in [4.69, 9.17) is 11.6 Å². The molecular weight excluding hydrogens is 324 g/mol. The Bertz CT molecular complexity index is 428. The van der Waals surface area contributed by atoms with Gasteiger partial charge in [0.25, 0.3) is 0 Å². The van der Waals surface area contributed by atoms with Crippen molar-refractivity contribution in [2.75, 3.05) is 39.8 Å². The molecule has 0 atom stereocenters. The van der Waals surface area contributed by atoms with Crippen LogP contribution in [0, 0.1) is 6.92 Å². The molecule has 0 bridgehead atoms. The molecule has 2 nitrogen and oxygen atoms in total. The van der Waals surface area contributed by atoms with Crippen LogP contribution in [0.2, 0.25) is 5.02 Å². The molecule has 1 aromatic carbocycles. The molecule has 2 rings (SSSR count). The first kappa shape index (κ1) is 15.3. The van der Waals surface area contributed by atoms with Gasteiger partial charge in [-0.25, -0.2) is 0 Å². The van der Waals surface area contributed by atoms with E-state index in [2.05, 4.69) is 51.8 Å². The zero-order valence-corrected chi connectivity index (χ0v) is 14.1. The zero-order chi connectivity index (χ0) is 13.8. The van der Waals surface area contributed by atoms with Crippen molar-refractivity contribution >= 4 is 27.5 Å². The number of halogens is 2. The minimum atomic E-state index is 0.924. The van der Waals surface area contributed by atoms with E-state index >= 15 is 0 Å². The van der Waals surface area contributed by atoms with Gasteiger partial charge in [-0.2, -0.15) is 0 Å². The van der Waals surface area contributed by atoms with Crippen molar-refractivity contribution in [3.05, 3.63) is 32.8 Å². The number of aryl methyl sites for hydroxylation is 1. The summed E-state index contributed by atoms with van der Waals surface area (Å²) in [5.74, 6) is 0. The molecule has 0 aliphatic carbocycles. The molecule has 1 aromatic rings. The lowest BCUT2D eigenvalue weighted by Gasteiger charge is -2.32. The van der Waals surface area contributed by atoms with E-state index < -0.39 is 0 Å². The van der Waals surface area contributed by atoms with E-state index in [-0.39, 0.29) is 0 Å². The molecule has 1 aliphatic rings. The van der Waals surface area contributed by atoms with E-state index in [0.717, 1.165) is 21.5 Å². The molecule has 1 fully saturated rings. The van der Waals surface area contributed by atoms with Crippen LogP contribution in [0.25, 0.3) is 0 Å². The lowest BCUT2D eigenvalue weighted by molar-refractivity contribution is 0.153. The molecular formula is C15H22BrClN2. The first-order chi connectivity index (χ1) is 9.08. The third kappa shape index (κ3) is 4.19. The Morgan fingerprint density at radius 1 is 1.21 bits per heavy atom. The fourth-order valence-corrected chi connectivity index (χ4v) is 3.18. The Morgan fingerprint density at radius 2 is 1.89 bits per heavy atom. The van der Waals surface area contributed by atoms with Crippen molar-refractivity contribution in [3.8, 4) is 0 Å². The Morgan fingerprint density at radius 3 is 2.58 bits per heavy atom. The van der Waals surface area contributed by atoms with Gasteiger partial charge in [0.1, 0.15) is 0 Å². The number of likely N-dealkylation sites (N-methyl/N-ethyl adjacent to an activating group) is 1. The minimum Gasteiger partial charge on any atom is -0.304 e. The van der Waals surface area contributed by atoms with E-state index in [1.54, 1.807) is 0 Å². The van der Waals surface area contributed by atoms with Crippen molar-refractivity contribution < 1.29 is 0 Å². The summed E-state index contributed by atoms with van der Waals surface area (Å²) in [6.07, 6.45) is 2.25. The van der Waals surface area contributed by atoms with Crippen LogP contribution in [0.1, 0.15) is 17.5 Å². The van der Waals surface area contributed by atoms with Crippen molar-refractivity contribution in [2.24, 2.45) is 0 Å². The molecule has 0 radical (unpaired) electrons. The molecule has 1 saturated heterocycles. The molecule has 0 saturated carbocycles. The standard InChI is InChI=1S/C15H22BrClN2/c1-12-14(16)6-5-13(15(12)17)4-3-7-19-10-8-18(2)9-11-19/h5-6H,3-4,7-11H2,1-2H3. The van der Waals surface area contributed by atoms with Crippen LogP contribution in [0.15, 0.2) is 16.6 Å². The van der Waals surface area contributed by atoms with Gasteiger partial charge in [0.05, 0.1) is 0 Å². The number of hydrogen-bond donors (Lipinski definition) is 0. The largest absolute Gasteiger partial charge is 0.304 e. The van der Waals surface area contributed by atoms with Crippen LogP contribution in [0.4, 0.5) is 0 Å². The molecule has 19 heavy (non-hydrogen) atoms. The summed E-state index contributed by atoms with van der Waals surface area (Å²) in [4.78, 5) is 4.95. The van der Waals surface area contributed by atoms with Crippen LogP contribution >= 0.6 is 27.5 Å². The summed E-state index contributed by atoms with van der Waals surface area (Å²) in [7, 11) is 2.20. The number of hydrogen-bond acceptors (Lipinski definition) is 2. The van der Waals surface area contributed by atoms with Crippen molar-refractivity contribution in [3.63, 3.8) is 0 Å². The lowest BCUT2D eigenvalue weighted by atomic mass is 10.1.